The van der Waals surface area contributed by atoms with Gasteiger partial charge in [-0.2, -0.15) is 0 Å². The molecule has 3 rings (SSSR count). The highest BCUT2D eigenvalue weighted by atomic mass is 79.9. The fourth-order valence-corrected chi connectivity index (χ4v) is 6.49. The molecule has 7 heteroatoms. The van der Waals surface area contributed by atoms with Gasteiger partial charge < -0.3 is 14.0 Å². The first-order valence-electron chi connectivity index (χ1n) is 10.7. The average Bonchev–Trinajstić information content (AvgIpc) is 2.91. The van der Waals surface area contributed by atoms with Crippen molar-refractivity contribution < 1.29 is 18.8 Å². The van der Waals surface area contributed by atoms with Crippen LogP contribution in [0.15, 0.2) is 22.7 Å². The van der Waals surface area contributed by atoms with Gasteiger partial charge in [0.2, 0.25) is 0 Å². The number of carbonyl (C=O) groups excluding carboxylic acids is 1. The number of rotatable bonds is 6. The molecule has 2 atom stereocenters. The van der Waals surface area contributed by atoms with E-state index in [1.165, 1.54) is 5.56 Å². The van der Waals surface area contributed by atoms with Crippen molar-refractivity contribution in [2.75, 3.05) is 13.7 Å². The van der Waals surface area contributed by atoms with Crippen LogP contribution in [-0.4, -0.2) is 35.1 Å². The molecule has 1 aromatic carbocycles. The second-order valence-corrected chi connectivity index (χ2v) is 12.4. The molecule has 168 valence electrons. The minimum Gasteiger partial charge on any atom is -0.598 e. The molecule has 2 unspecified atom stereocenters. The lowest BCUT2D eigenvalue weighted by Gasteiger charge is -2.50. The maximum absolute atomic E-state index is 13.4. The van der Waals surface area contributed by atoms with Crippen LogP contribution in [0.3, 0.4) is 0 Å². The number of ether oxygens (including phenoxy) is 2. The van der Waals surface area contributed by atoms with Crippen LogP contribution in [0.2, 0.25) is 0 Å². The number of esters is 1. The summed E-state index contributed by atoms with van der Waals surface area (Å²) in [5.74, 6) is -0.253. The Morgan fingerprint density at radius 3 is 2.57 bits per heavy atom. The summed E-state index contributed by atoms with van der Waals surface area (Å²) in [7, 11) is 1.77. The van der Waals surface area contributed by atoms with Crippen LogP contribution in [0.1, 0.15) is 70.9 Å². The lowest BCUT2D eigenvalue weighted by atomic mass is 9.60. The van der Waals surface area contributed by atoms with Gasteiger partial charge in [0.15, 0.2) is 0 Å². The summed E-state index contributed by atoms with van der Waals surface area (Å²) in [5, 5.41) is 0. The molecule has 1 aromatic rings. The van der Waals surface area contributed by atoms with Crippen LogP contribution in [0, 0.1) is 5.41 Å². The van der Waals surface area contributed by atoms with Crippen molar-refractivity contribution in [3.63, 3.8) is 0 Å². The standard InChI is InChI=1S/C23H34BrNO4S/c1-6-29-20(26)15-23(25-30(27)21(2,3)4)19-13-17(24)8-7-16(19)14-22(23)11-9-18(28-5)10-12-22/h7-8,13,18,25H,6,9-12,14-15H2,1-5H3. The van der Waals surface area contributed by atoms with Crippen LogP contribution in [0.4, 0.5) is 0 Å². The summed E-state index contributed by atoms with van der Waals surface area (Å²) in [6.45, 7) is 8.03. The zero-order valence-electron chi connectivity index (χ0n) is 18.7. The molecule has 0 heterocycles. The van der Waals surface area contributed by atoms with Gasteiger partial charge in [0.05, 0.1) is 19.1 Å². The van der Waals surface area contributed by atoms with Gasteiger partial charge in [0, 0.05) is 28.4 Å². The monoisotopic (exact) mass is 499 g/mol. The van der Waals surface area contributed by atoms with Crippen LogP contribution >= 0.6 is 15.9 Å². The summed E-state index contributed by atoms with van der Waals surface area (Å²) in [4.78, 5) is 12.9. The smallest absolute Gasteiger partial charge is 0.308 e. The van der Waals surface area contributed by atoms with Crippen LogP contribution in [-0.2, 0) is 37.6 Å². The summed E-state index contributed by atoms with van der Waals surface area (Å²) in [6.07, 6.45) is 4.94. The normalized spacial score (nSPS) is 29.6. The maximum atomic E-state index is 13.4. The first-order valence-corrected chi connectivity index (χ1v) is 12.7. The highest BCUT2D eigenvalue weighted by Crippen LogP contribution is 2.60. The second kappa shape index (κ2) is 9.10. The number of nitrogens with one attached hydrogen (secondary N) is 1. The molecule has 1 N–H and O–H groups in total. The third-order valence-corrected chi connectivity index (χ3v) is 8.87. The highest BCUT2D eigenvalue weighted by molar-refractivity contribution is 9.10. The molecule has 1 saturated carbocycles. The molecule has 1 fully saturated rings. The molecule has 0 aliphatic heterocycles. The molecule has 0 amide bonds. The third-order valence-electron chi connectivity index (χ3n) is 6.73. The third kappa shape index (κ3) is 4.46. The Labute approximate surface area is 192 Å². The van der Waals surface area contributed by atoms with Crippen molar-refractivity contribution >= 4 is 33.3 Å². The van der Waals surface area contributed by atoms with Crippen molar-refractivity contribution in [3.05, 3.63) is 33.8 Å². The molecule has 0 saturated heterocycles. The van der Waals surface area contributed by atoms with Crippen LogP contribution in [0.5, 0.6) is 0 Å². The Morgan fingerprint density at radius 1 is 1.33 bits per heavy atom. The fourth-order valence-electron chi connectivity index (χ4n) is 5.11. The van der Waals surface area contributed by atoms with Crippen molar-refractivity contribution in [2.24, 2.45) is 5.41 Å². The fraction of sp³-hybridized carbons (Fsp3) is 0.696. The Bertz CT molecular complexity index is 773. The number of methoxy groups -OCH3 is 1. The maximum Gasteiger partial charge on any atom is 0.308 e. The first-order chi connectivity index (χ1) is 14.1. The van der Waals surface area contributed by atoms with E-state index in [1.807, 2.05) is 27.7 Å². The molecule has 2 aliphatic carbocycles. The van der Waals surface area contributed by atoms with Gasteiger partial charge in [-0.05, 0) is 83.1 Å². The van der Waals surface area contributed by atoms with E-state index in [0.717, 1.165) is 42.1 Å². The van der Waals surface area contributed by atoms with E-state index in [-0.39, 0.29) is 23.9 Å². The Morgan fingerprint density at radius 2 is 2.00 bits per heavy atom. The van der Waals surface area contributed by atoms with E-state index in [4.69, 9.17) is 9.47 Å². The summed E-state index contributed by atoms with van der Waals surface area (Å²) < 4.78 is 28.5. The van der Waals surface area contributed by atoms with Gasteiger partial charge in [-0.1, -0.05) is 22.0 Å². The van der Waals surface area contributed by atoms with Crippen molar-refractivity contribution in [3.8, 4) is 0 Å². The predicted molar refractivity (Wildman–Crippen MR) is 124 cm³/mol. The highest BCUT2D eigenvalue weighted by Gasteiger charge is 2.62. The van der Waals surface area contributed by atoms with Gasteiger partial charge in [-0.25, -0.2) is 0 Å². The van der Waals surface area contributed by atoms with Crippen molar-refractivity contribution in [1.82, 2.24) is 4.72 Å². The molecule has 2 aliphatic rings. The van der Waals surface area contributed by atoms with E-state index >= 15 is 0 Å². The summed E-state index contributed by atoms with van der Waals surface area (Å²) in [6, 6.07) is 6.28. The topological polar surface area (TPSA) is 70.6 Å². The number of carbonyl (C=O) groups is 1. The van der Waals surface area contributed by atoms with Crippen LogP contribution in [0.25, 0.3) is 0 Å². The predicted octanol–water partition coefficient (Wildman–Crippen LogP) is 4.78. The summed E-state index contributed by atoms with van der Waals surface area (Å²) >= 11 is 2.27. The van der Waals surface area contributed by atoms with Gasteiger partial charge >= 0.3 is 5.97 Å². The molecular formula is C23H34BrNO4S. The molecule has 5 nitrogen and oxygen atoms in total. The SMILES string of the molecule is CCOC(=O)CC1(N[S+]([O-])C(C)(C)C)c2cc(Br)ccc2CC12CCC(OC)CC2. The van der Waals surface area contributed by atoms with Gasteiger partial charge in [-0.15, -0.1) is 4.72 Å². The lowest BCUT2D eigenvalue weighted by Crippen LogP contribution is -2.60. The largest absolute Gasteiger partial charge is 0.598 e. The Hall–Kier alpha value is -0.600. The minimum absolute atomic E-state index is 0.170. The first kappa shape index (κ1) is 24.1. The number of halogens is 1. The van der Waals surface area contributed by atoms with Crippen LogP contribution < -0.4 is 4.72 Å². The van der Waals surface area contributed by atoms with E-state index in [9.17, 15) is 9.35 Å². The zero-order valence-corrected chi connectivity index (χ0v) is 21.1. The molecular weight excluding hydrogens is 466 g/mol. The quantitative estimate of drug-likeness (QED) is 0.450. The molecule has 0 radical (unpaired) electrons. The van der Waals surface area contributed by atoms with Crippen molar-refractivity contribution in [2.45, 2.75) is 82.6 Å². The van der Waals surface area contributed by atoms with E-state index in [0.29, 0.717) is 6.61 Å². The van der Waals surface area contributed by atoms with Gasteiger partial charge in [0.25, 0.3) is 0 Å². The molecule has 0 bridgehead atoms. The number of fused-ring (bicyclic) bond motifs is 1. The summed E-state index contributed by atoms with van der Waals surface area (Å²) in [5.41, 5.74) is 1.34. The second-order valence-electron chi connectivity index (χ2n) is 9.56. The zero-order chi connectivity index (χ0) is 22.2. The molecule has 0 aromatic heterocycles. The lowest BCUT2D eigenvalue weighted by molar-refractivity contribution is -0.147. The van der Waals surface area contributed by atoms with Gasteiger partial charge in [-0.3, -0.25) is 4.79 Å². The van der Waals surface area contributed by atoms with E-state index in [1.54, 1.807) is 7.11 Å². The Balaban J connectivity index is 2.14. The van der Waals surface area contributed by atoms with E-state index in [2.05, 4.69) is 38.9 Å². The average molecular weight is 500 g/mol. The number of benzene rings is 1. The van der Waals surface area contributed by atoms with Crippen molar-refractivity contribution in [1.29, 1.82) is 0 Å². The van der Waals surface area contributed by atoms with Gasteiger partial charge in [0.1, 0.15) is 10.3 Å². The number of hydrogen-bond donors (Lipinski definition) is 1. The number of hydrogen-bond acceptors (Lipinski definition) is 5. The molecule has 1 spiro atoms. The minimum atomic E-state index is -1.34. The Kier molecular flexibility index (Phi) is 7.30. The van der Waals surface area contributed by atoms with E-state index < -0.39 is 21.6 Å². The molecule has 30 heavy (non-hydrogen) atoms.